The highest BCUT2D eigenvalue weighted by Crippen LogP contribution is 2.10. The predicted molar refractivity (Wildman–Crippen MR) is 85.3 cm³/mol. The highest BCUT2D eigenvalue weighted by molar-refractivity contribution is 7.90. The summed E-state index contributed by atoms with van der Waals surface area (Å²) in [5, 5.41) is 2.40. The lowest BCUT2D eigenvalue weighted by atomic mass is 10.2. The van der Waals surface area contributed by atoms with Gasteiger partial charge in [-0.15, -0.1) is 0 Å². The average Bonchev–Trinajstić information content (AvgIpc) is 3.01. The van der Waals surface area contributed by atoms with Crippen molar-refractivity contribution in [1.82, 2.24) is 14.9 Å². The summed E-state index contributed by atoms with van der Waals surface area (Å²) in [6.45, 7) is 3.46. The fraction of sp³-hybridized carbons (Fsp3) is 0.467. The highest BCUT2D eigenvalue weighted by atomic mass is 32.2. The topological polar surface area (TPSA) is 95.6 Å². The monoisotopic (exact) mass is 339 g/mol. The lowest BCUT2D eigenvalue weighted by molar-refractivity contribution is -0.129. The van der Waals surface area contributed by atoms with Gasteiger partial charge in [0.05, 0.1) is 4.90 Å². The van der Waals surface area contributed by atoms with Gasteiger partial charge in [-0.2, -0.15) is 0 Å². The first-order valence-corrected chi connectivity index (χ1v) is 9.02. The summed E-state index contributed by atoms with van der Waals surface area (Å²) in [5.41, 5.74) is 0.925. The molecule has 126 valence electrons. The number of sulfonamides is 1. The van der Waals surface area contributed by atoms with Gasteiger partial charge >= 0.3 is 6.03 Å². The Morgan fingerprint density at radius 2 is 1.74 bits per heavy atom. The van der Waals surface area contributed by atoms with E-state index in [1.807, 2.05) is 11.6 Å². The molecule has 1 saturated heterocycles. The third kappa shape index (κ3) is 4.95. The van der Waals surface area contributed by atoms with Crippen LogP contribution in [-0.2, 0) is 14.8 Å². The SMILES string of the molecule is Cc1ccc(S(=O)(=O)NC(=O)NCCC(=O)N2CCCC2)cc1. The Morgan fingerprint density at radius 1 is 1.13 bits per heavy atom. The Morgan fingerprint density at radius 3 is 2.35 bits per heavy atom. The van der Waals surface area contributed by atoms with E-state index < -0.39 is 16.1 Å². The van der Waals surface area contributed by atoms with Gasteiger partial charge in [-0.1, -0.05) is 17.7 Å². The summed E-state index contributed by atoms with van der Waals surface area (Å²) < 4.78 is 26.0. The van der Waals surface area contributed by atoms with Gasteiger partial charge in [0.15, 0.2) is 0 Å². The first-order chi connectivity index (χ1) is 10.9. The van der Waals surface area contributed by atoms with Crippen LogP contribution in [0.4, 0.5) is 4.79 Å². The number of hydrogen-bond donors (Lipinski definition) is 2. The second-order valence-electron chi connectivity index (χ2n) is 5.51. The largest absolute Gasteiger partial charge is 0.343 e. The maximum Gasteiger partial charge on any atom is 0.328 e. The second-order valence-corrected chi connectivity index (χ2v) is 7.19. The molecule has 1 aliphatic heterocycles. The van der Waals surface area contributed by atoms with Crippen LogP contribution in [0.1, 0.15) is 24.8 Å². The number of nitrogens with one attached hydrogen (secondary N) is 2. The lowest BCUT2D eigenvalue weighted by Gasteiger charge is -2.15. The van der Waals surface area contributed by atoms with Gasteiger partial charge in [-0.05, 0) is 31.9 Å². The minimum atomic E-state index is -3.90. The van der Waals surface area contributed by atoms with Crippen molar-refractivity contribution in [2.45, 2.75) is 31.1 Å². The number of urea groups is 1. The number of likely N-dealkylation sites (tertiary alicyclic amines) is 1. The zero-order valence-corrected chi connectivity index (χ0v) is 13.9. The molecule has 2 rings (SSSR count). The molecule has 2 N–H and O–H groups in total. The first-order valence-electron chi connectivity index (χ1n) is 7.53. The number of aryl methyl sites for hydroxylation is 1. The quantitative estimate of drug-likeness (QED) is 0.836. The maximum absolute atomic E-state index is 12.0. The van der Waals surface area contributed by atoms with Crippen molar-refractivity contribution in [3.63, 3.8) is 0 Å². The fourth-order valence-electron chi connectivity index (χ4n) is 2.34. The third-order valence-corrected chi connectivity index (χ3v) is 4.99. The molecule has 1 heterocycles. The number of hydrogen-bond acceptors (Lipinski definition) is 4. The van der Waals surface area contributed by atoms with Crippen molar-refractivity contribution < 1.29 is 18.0 Å². The summed E-state index contributed by atoms with van der Waals surface area (Å²) in [5.74, 6) is -0.0239. The Labute approximate surface area is 136 Å². The van der Waals surface area contributed by atoms with Crippen LogP contribution in [0.2, 0.25) is 0 Å². The number of benzene rings is 1. The molecule has 0 radical (unpaired) electrons. The summed E-state index contributed by atoms with van der Waals surface area (Å²) in [6, 6.07) is 5.34. The molecule has 3 amide bonds. The van der Waals surface area contributed by atoms with E-state index in [0.29, 0.717) is 0 Å². The van der Waals surface area contributed by atoms with Crippen LogP contribution in [0.15, 0.2) is 29.2 Å². The van der Waals surface area contributed by atoms with Crippen LogP contribution >= 0.6 is 0 Å². The van der Waals surface area contributed by atoms with Gasteiger partial charge in [-0.25, -0.2) is 17.9 Å². The standard InChI is InChI=1S/C15H21N3O4S/c1-12-4-6-13(7-5-12)23(21,22)17-15(20)16-9-8-14(19)18-10-2-3-11-18/h4-7H,2-3,8-11H2,1H3,(H2,16,17,20). The molecule has 0 atom stereocenters. The van der Waals surface area contributed by atoms with Gasteiger partial charge in [0, 0.05) is 26.1 Å². The highest BCUT2D eigenvalue weighted by Gasteiger charge is 2.19. The van der Waals surface area contributed by atoms with Crippen LogP contribution < -0.4 is 10.0 Å². The van der Waals surface area contributed by atoms with Crippen molar-refractivity contribution in [2.24, 2.45) is 0 Å². The smallest absolute Gasteiger partial charge is 0.328 e. The molecule has 1 aliphatic rings. The molecule has 1 aromatic carbocycles. The van der Waals surface area contributed by atoms with Crippen molar-refractivity contribution in [3.8, 4) is 0 Å². The van der Waals surface area contributed by atoms with E-state index in [9.17, 15) is 18.0 Å². The van der Waals surface area contributed by atoms with Gasteiger partial charge < -0.3 is 10.2 Å². The number of amides is 3. The molecular weight excluding hydrogens is 318 g/mol. The van der Waals surface area contributed by atoms with Crippen molar-refractivity contribution in [1.29, 1.82) is 0 Å². The molecule has 0 spiro atoms. The molecule has 1 aromatic rings. The van der Waals surface area contributed by atoms with Crippen molar-refractivity contribution >= 4 is 22.0 Å². The van der Waals surface area contributed by atoms with Crippen LogP contribution in [0.5, 0.6) is 0 Å². The van der Waals surface area contributed by atoms with Crippen LogP contribution in [0.25, 0.3) is 0 Å². The lowest BCUT2D eigenvalue weighted by Crippen LogP contribution is -2.41. The van der Waals surface area contributed by atoms with Gasteiger partial charge in [0.25, 0.3) is 10.0 Å². The Hall–Kier alpha value is -2.09. The van der Waals surface area contributed by atoms with E-state index in [2.05, 4.69) is 5.32 Å². The minimum absolute atomic E-state index is 0.0198. The molecule has 0 aromatic heterocycles. The third-order valence-electron chi connectivity index (χ3n) is 3.64. The fourth-order valence-corrected chi connectivity index (χ4v) is 3.27. The number of carbonyl (C=O) groups is 2. The number of rotatable bonds is 5. The van der Waals surface area contributed by atoms with E-state index in [4.69, 9.17) is 0 Å². The molecule has 0 unspecified atom stereocenters. The van der Waals surface area contributed by atoms with Gasteiger partial charge in [0.2, 0.25) is 5.91 Å². The molecule has 7 nitrogen and oxygen atoms in total. The predicted octanol–water partition coefficient (Wildman–Crippen LogP) is 0.995. The maximum atomic E-state index is 12.0. The molecular formula is C15H21N3O4S. The Balaban J connectivity index is 1.79. The number of nitrogens with zero attached hydrogens (tertiary/aromatic N) is 1. The Bertz CT molecular complexity index is 664. The minimum Gasteiger partial charge on any atom is -0.343 e. The normalized spacial score (nSPS) is 14.6. The summed E-state index contributed by atoms with van der Waals surface area (Å²) >= 11 is 0. The van der Waals surface area contributed by atoms with Crippen molar-refractivity contribution in [2.75, 3.05) is 19.6 Å². The van der Waals surface area contributed by atoms with Crippen LogP contribution in [0.3, 0.4) is 0 Å². The zero-order valence-electron chi connectivity index (χ0n) is 13.0. The molecule has 0 bridgehead atoms. The average molecular weight is 339 g/mol. The number of carbonyl (C=O) groups excluding carboxylic acids is 2. The van der Waals surface area contributed by atoms with E-state index in [1.54, 1.807) is 17.0 Å². The van der Waals surface area contributed by atoms with Crippen molar-refractivity contribution in [3.05, 3.63) is 29.8 Å². The molecule has 8 heteroatoms. The zero-order chi connectivity index (χ0) is 16.9. The van der Waals surface area contributed by atoms with E-state index in [1.165, 1.54) is 12.1 Å². The molecule has 1 fully saturated rings. The molecule has 0 aliphatic carbocycles. The van der Waals surface area contributed by atoms with E-state index >= 15 is 0 Å². The van der Waals surface area contributed by atoms with Gasteiger partial charge in [0.1, 0.15) is 0 Å². The van der Waals surface area contributed by atoms with E-state index in [0.717, 1.165) is 31.5 Å². The van der Waals surface area contributed by atoms with Gasteiger partial charge in [-0.3, -0.25) is 4.79 Å². The van der Waals surface area contributed by atoms with E-state index in [-0.39, 0.29) is 23.8 Å². The summed E-state index contributed by atoms with van der Waals surface area (Å²) in [6.07, 6.45) is 2.18. The summed E-state index contributed by atoms with van der Waals surface area (Å²) in [4.78, 5) is 25.2. The van der Waals surface area contributed by atoms with Crippen LogP contribution in [0, 0.1) is 6.92 Å². The Kier molecular flexibility index (Phi) is 5.59. The summed E-state index contributed by atoms with van der Waals surface area (Å²) in [7, 11) is -3.90. The molecule has 23 heavy (non-hydrogen) atoms. The molecule has 0 saturated carbocycles. The first kappa shape index (κ1) is 17.3. The second kappa shape index (κ2) is 7.45. The van der Waals surface area contributed by atoms with Crippen LogP contribution in [-0.4, -0.2) is 44.9 Å².